The Morgan fingerprint density at radius 2 is 1.87 bits per heavy atom. The predicted octanol–water partition coefficient (Wildman–Crippen LogP) is 3.55. The SMILES string of the molecule is C[C@@H](C(=O)N1C(=O)OC(C)(C)[C@@H]1Cc1ccccc1)C(F)(F)F. The first kappa shape index (κ1) is 17.3. The van der Waals surface area contributed by atoms with Gasteiger partial charge in [-0.15, -0.1) is 0 Å². The van der Waals surface area contributed by atoms with Gasteiger partial charge in [0.2, 0.25) is 5.91 Å². The topological polar surface area (TPSA) is 46.6 Å². The zero-order valence-electron chi connectivity index (χ0n) is 13.1. The Labute approximate surface area is 132 Å². The van der Waals surface area contributed by atoms with Gasteiger partial charge in [-0.25, -0.2) is 9.69 Å². The van der Waals surface area contributed by atoms with Crippen LogP contribution in [0, 0.1) is 5.92 Å². The lowest BCUT2D eigenvalue weighted by molar-refractivity contribution is -0.184. The van der Waals surface area contributed by atoms with E-state index < -0.39 is 35.7 Å². The number of hydrogen-bond acceptors (Lipinski definition) is 3. The van der Waals surface area contributed by atoms with Crippen molar-refractivity contribution in [3.8, 4) is 0 Å². The van der Waals surface area contributed by atoms with Crippen LogP contribution in [0.1, 0.15) is 26.3 Å². The zero-order chi connectivity index (χ0) is 17.4. The van der Waals surface area contributed by atoms with E-state index in [1.807, 2.05) is 0 Å². The van der Waals surface area contributed by atoms with Gasteiger partial charge in [0.25, 0.3) is 0 Å². The van der Waals surface area contributed by atoms with Crippen LogP contribution in [0.4, 0.5) is 18.0 Å². The molecule has 126 valence electrons. The zero-order valence-corrected chi connectivity index (χ0v) is 13.1. The Balaban J connectivity index is 2.32. The molecule has 23 heavy (non-hydrogen) atoms. The number of amides is 2. The first-order valence-electron chi connectivity index (χ1n) is 7.20. The maximum absolute atomic E-state index is 12.8. The molecule has 4 nitrogen and oxygen atoms in total. The van der Waals surface area contributed by atoms with Gasteiger partial charge in [-0.1, -0.05) is 30.3 Å². The lowest BCUT2D eigenvalue weighted by Crippen LogP contribution is -2.50. The van der Waals surface area contributed by atoms with Gasteiger partial charge >= 0.3 is 12.3 Å². The summed E-state index contributed by atoms with van der Waals surface area (Å²) in [5.74, 6) is -3.55. The maximum atomic E-state index is 12.8. The Kier molecular flexibility index (Phi) is 4.41. The summed E-state index contributed by atoms with van der Waals surface area (Å²) in [6, 6.07) is 8.15. The van der Waals surface area contributed by atoms with Crippen LogP contribution in [-0.4, -0.2) is 34.7 Å². The molecule has 1 fully saturated rings. The number of carbonyl (C=O) groups excluding carboxylic acids is 2. The van der Waals surface area contributed by atoms with Crippen molar-refractivity contribution in [3.05, 3.63) is 35.9 Å². The highest BCUT2D eigenvalue weighted by molar-refractivity contribution is 5.95. The van der Waals surface area contributed by atoms with Gasteiger partial charge in [0.1, 0.15) is 11.5 Å². The fourth-order valence-corrected chi connectivity index (χ4v) is 2.55. The molecule has 2 amide bonds. The number of carbonyl (C=O) groups is 2. The molecule has 0 saturated carbocycles. The number of alkyl halides is 3. The first-order valence-corrected chi connectivity index (χ1v) is 7.20. The van der Waals surface area contributed by atoms with Crippen LogP contribution in [0.5, 0.6) is 0 Å². The minimum Gasteiger partial charge on any atom is -0.441 e. The molecular formula is C16H18F3NO3. The summed E-state index contributed by atoms with van der Waals surface area (Å²) in [5.41, 5.74) is -0.255. The third-order valence-electron chi connectivity index (χ3n) is 4.03. The van der Waals surface area contributed by atoms with E-state index in [0.29, 0.717) is 4.90 Å². The average Bonchev–Trinajstić information content (AvgIpc) is 2.66. The number of imide groups is 1. The van der Waals surface area contributed by atoms with Gasteiger partial charge in [-0.2, -0.15) is 13.2 Å². The number of cyclic esters (lactones) is 1. The molecule has 0 aromatic heterocycles. The van der Waals surface area contributed by atoms with E-state index in [2.05, 4.69) is 0 Å². The fraction of sp³-hybridized carbons (Fsp3) is 0.500. The predicted molar refractivity (Wildman–Crippen MR) is 76.6 cm³/mol. The quantitative estimate of drug-likeness (QED) is 0.852. The van der Waals surface area contributed by atoms with Crippen LogP contribution in [0.3, 0.4) is 0 Å². The van der Waals surface area contributed by atoms with Crippen molar-refractivity contribution < 1.29 is 27.5 Å². The summed E-state index contributed by atoms with van der Waals surface area (Å²) in [6.07, 6.45) is -5.51. The molecule has 7 heteroatoms. The summed E-state index contributed by atoms with van der Waals surface area (Å²) in [6.45, 7) is 3.93. The van der Waals surface area contributed by atoms with Crippen LogP contribution in [0.15, 0.2) is 30.3 Å². The largest absolute Gasteiger partial charge is 0.441 e. The second kappa shape index (κ2) is 5.86. The second-order valence-electron chi connectivity index (χ2n) is 6.15. The van der Waals surface area contributed by atoms with Crippen molar-refractivity contribution in [1.29, 1.82) is 0 Å². The molecule has 1 aliphatic heterocycles. The Morgan fingerprint density at radius 3 is 2.39 bits per heavy atom. The van der Waals surface area contributed by atoms with E-state index in [1.54, 1.807) is 44.2 Å². The Bertz CT molecular complexity index is 598. The number of nitrogens with zero attached hydrogens (tertiary/aromatic N) is 1. The minimum atomic E-state index is -4.71. The summed E-state index contributed by atoms with van der Waals surface area (Å²) in [4.78, 5) is 24.8. The maximum Gasteiger partial charge on any atom is 0.417 e. The molecular weight excluding hydrogens is 311 g/mol. The van der Waals surface area contributed by atoms with Crippen molar-refractivity contribution in [2.45, 2.75) is 45.0 Å². The standard InChI is InChI=1S/C16H18F3NO3/c1-10(16(17,18)19)13(21)20-12(15(2,3)23-14(20)22)9-11-7-5-4-6-8-11/h4-8,10,12H,9H2,1-3H3/t10-,12-/m0/s1. The number of hydrogen-bond donors (Lipinski definition) is 0. The van der Waals surface area contributed by atoms with Crippen LogP contribution in [0.25, 0.3) is 0 Å². The molecule has 2 rings (SSSR count). The number of ether oxygens (including phenoxy) is 1. The third kappa shape index (κ3) is 3.48. The fourth-order valence-electron chi connectivity index (χ4n) is 2.55. The molecule has 1 heterocycles. The lowest BCUT2D eigenvalue weighted by atomic mass is 9.91. The van der Waals surface area contributed by atoms with Crippen molar-refractivity contribution in [3.63, 3.8) is 0 Å². The van der Waals surface area contributed by atoms with Gasteiger partial charge in [-0.3, -0.25) is 4.79 Å². The highest BCUT2D eigenvalue weighted by atomic mass is 19.4. The molecule has 1 aliphatic rings. The molecule has 0 spiro atoms. The van der Waals surface area contributed by atoms with Gasteiger partial charge in [-0.05, 0) is 32.8 Å². The van der Waals surface area contributed by atoms with Crippen molar-refractivity contribution >= 4 is 12.0 Å². The van der Waals surface area contributed by atoms with E-state index in [1.165, 1.54) is 0 Å². The van der Waals surface area contributed by atoms with Crippen LogP contribution in [-0.2, 0) is 16.0 Å². The van der Waals surface area contributed by atoms with Crippen LogP contribution < -0.4 is 0 Å². The van der Waals surface area contributed by atoms with E-state index in [9.17, 15) is 22.8 Å². The molecule has 0 radical (unpaired) electrons. The third-order valence-corrected chi connectivity index (χ3v) is 4.03. The summed E-state index contributed by atoms with van der Waals surface area (Å²) in [7, 11) is 0. The minimum absolute atomic E-state index is 0.232. The monoisotopic (exact) mass is 329 g/mol. The smallest absolute Gasteiger partial charge is 0.417 e. The van der Waals surface area contributed by atoms with Crippen molar-refractivity contribution in [1.82, 2.24) is 4.90 Å². The summed E-state index contributed by atoms with van der Waals surface area (Å²) >= 11 is 0. The van der Waals surface area contributed by atoms with Gasteiger partial charge in [0, 0.05) is 0 Å². The Morgan fingerprint density at radius 1 is 1.30 bits per heavy atom. The first-order chi connectivity index (χ1) is 10.5. The summed E-state index contributed by atoms with van der Waals surface area (Å²) in [5, 5.41) is 0. The van der Waals surface area contributed by atoms with Crippen molar-refractivity contribution in [2.75, 3.05) is 0 Å². The van der Waals surface area contributed by atoms with Gasteiger partial charge in [0.05, 0.1) is 6.04 Å². The van der Waals surface area contributed by atoms with E-state index in [-0.39, 0.29) is 6.42 Å². The number of halogens is 3. The molecule has 1 saturated heterocycles. The second-order valence-corrected chi connectivity index (χ2v) is 6.15. The molecule has 1 aromatic carbocycles. The van der Waals surface area contributed by atoms with Gasteiger partial charge in [0.15, 0.2) is 0 Å². The molecule has 0 bridgehead atoms. The normalized spacial score (nSPS) is 21.9. The van der Waals surface area contributed by atoms with E-state index in [0.717, 1.165) is 12.5 Å². The highest BCUT2D eigenvalue weighted by Crippen LogP contribution is 2.36. The molecule has 2 atom stereocenters. The molecule has 0 unspecified atom stereocenters. The van der Waals surface area contributed by atoms with Crippen LogP contribution >= 0.6 is 0 Å². The number of benzene rings is 1. The molecule has 0 N–H and O–H groups in total. The van der Waals surface area contributed by atoms with Crippen molar-refractivity contribution in [2.24, 2.45) is 5.92 Å². The molecule has 1 aromatic rings. The van der Waals surface area contributed by atoms with E-state index >= 15 is 0 Å². The van der Waals surface area contributed by atoms with Crippen LogP contribution in [0.2, 0.25) is 0 Å². The number of rotatable bonds is 3. The highest BCUT2D eigenvalue weighted by Gasteiger charge is 2.54. The van der Waals surface area contributed by atoms with E-state index in [4.69, 9.17) is 4.74 Å². The van der Waals surface area contributed by atoms with Gasteiger partial charge < -0.3 is 4.74 Å². The lowest BCUT2D eigenvalue weighted by Gasteiger charge is -2.29. The Hall–Kier alpha value is -2.05. The summed E-state index contributed by atoms with van der Waals surface area (Å²) < 4.78 is 43.6. The average molecular weight is 329 g/mol. The molecule has 0 aliphatic carbocycles.